The monoisotopic (exact) mass is 545 g/mol. The molecule has 0 saturated carbocycles. The summed E-state index contributed by atoms with van der Waals surface area (Å²) in [5, 5.41) is 7.09. The first-order chi connectivity index (χ1) is 14.3. The number of likely N-dealkylation sites (N-methyl/N-ethyl adjacent to an activating group) is 1. The largest absolute Gasteiger partial charge is 0.493 e. The van der Waals surface area contributed by atoms with Gasteiger partial charge in [0.1, 0.15) is 5.75 Å². The zero-order valence-electron chi connectivity index (χ0n) is 20.5. The second kappa shape index (κ2) is 14.2. The molecule has 1 fully saturated rings. The van der Waals surface area contributed by atoms with E-state index in [-0.39, 0.29) is 30.0 Å². The lowest BCUT2D eigenvalue weighted by Gasteiger charge is -2.40. The van der Waals surface area contributed by atoms with Gasteiger partial charge in [0.05, 0.1) is 12.6 Å². The minimum absolute atomic E-state index is 0. The summed E-state index contributed by atoms with van der Waals surface area (Å²) in [5.74, 6) is 2.89. The van der Waals surface area contributed by atoms with Gasteiger partial charge in [0.15, 0.2) is 5.96 Å². The molecule has 1 aromatic carbocycles. The zero-order valence-corrected chi connectivity index (χ0v) is 22.8. The maximum Gasteiger partial charge on any atom is 0.191 e. The molecule has 1 aliphatic heterocycles. The predicted molar refractivity (Wildman–Crippen MR) is 143 cm³/mol. The van der Waals surface area contributed by atoms with Crippen LogP contribution in [-0.2, 0) is 0 Å². The topological polar surface area (TPSA) is 52.1 Å². The van der Waals surface area contributed by atoms with Crippen LogP contribution < -0.4 is 15.4 Å². The highest BCUT2D eigenvalue weighted by Crippen LogP contribution is 2.18. The van der Waals surface area contributed by atoms with Crippen molar-refractivity contribution in [3.63, 3.8) is 0 Å². The molecule has 0 spiro atoms. The quantitative estimate of drug-likeness (QED) is 0.281. The van der Waals surface area contributed by atoms with Crippen LogP contribution in [-0.4, -0.2) is 75.2 Å². The van der Waals surface area contributed by atoms with E-state index in [1.807, 2.05) is 19.2 Å². The van der Waals surface area contributed by atoms with E-state index in [0.717, 1.165) is 51.0 Å². The third-order valence-corrected chi connectivity index (χ3v) is 5.80. The summed E-state index contributed by atoms with van der Waals surface area (Å²) < 4.78 is 5.79. The molecule has 2 rings (SSSR count). The van der Waals surface area contributed by atoms with Crippen molar-refractivity contribution >= 4 is 29.9 Å². The van der Waals surface area contributed by atoms with Crippen LogP contribution >= 0.6 is 24.0 Å². The van der Waals surface area contributed by atoms with E-state index in [2.05, 4.69) is 79.2 Å². The molecule has 0 aliphatic carbocycles. The molecule has 2 atom stereocenters. The summed E-state index contributed by atoms with van der Waals surface area (Å²) in [6.07, 6.45) is 0. The maximum absolute atomic E-state index is 5.79. The summed E-state index contributed by atoms with van der Waals surface area (Å²) in [4.78, 5) is 9.47. The average Bonchev–Trinajstić information content (AvgIpc) is 2.72. The number of hydrogen-bond donors (Lipinski definition) is 2. The van der Waals surface area contributed by atoms with Gasteiger partial charge in [-0.2, -0.15) is 0 Å². The van der Waals surface area contributed by atoms with Crippen molar-refractivity contribution in [2.24, 2.45) is 16.8 Å². The Bertz CT molecular complexity index is 642. The van der Waals surface area contributed by atoms with Crippen molar-refractivity contribution in [3.8, 4) is 5.75 Å². The molecule has 1 aliphatic rings. The average molecular weight is 546 g/mol. The summed E-state index contributed by atoms with van der Waals surface area (Å²) in [7, 11) is 4.04. The molecule has 6 nitrogen and oxygen atoms in total. The molecule has 1 saturated heterocycles. The van der Waals surface area contributed by atoms with E-state index in [0.29, 0.717) is 17.9 Å². The number of nitrogens with one attached hydrogen (secondary N) is 2. The van der Waals surface area contributed by atoms with Gasteiger partial charge in [-0.05, 0) is 43.5 Å². The van der Waals surface area contributed by atoms with Gasteiger partial charge < -0.3 is 20.3 Å². The SMILES string of the molecule is CN=C(NCC(C(C)C)N1CCN(C)CC1)NC(C)c1ccc(OCC(C)C)cc1.I. The highest BCUT2D eigenvalue weighted by atomic mass is 127. The third kappa shape index (κ3) is 9.53. The first-order valence-corrected chi connectivity index (χ1v) is 11.4. The Kier molecular flexibility index (Phi) is 12.8. The van der Waals surface area contributed by atoms with Crippen molar-refractivity contribution < 1.29 is 4.74 Å². The Morgan fingerprint density at radius 1 is 1.03 bits per heavy atom. The maximum atomic E-state index is 5.79. The minimum atomic E-state index is 0. The van der Waals surface area contributed by atoms with Gasteiger partial charge in [0.25, 0.3) is 0 Å². The van der Waals surface area contributed by atoms with Crippen molar-refractivity contribution in [1.29, 1.82) is 0 Å². The third-order valence-electron chi connectivity index (χ3n) is 5.80. The fourth-order valence-electron chi connectivity index (χ4n) is 3.74. The summed E-state index contributed by atoms with van der Waals surface area (Å²) in [5.41, 5.74) is 1.22. The van der Waals surface area contributed by atoms with E-state index in [1.54, 1.807) is 0 Å². The lowest BCUT2D eigenvalue weighted by atomic mass is 10.0. The first kappa shape index (κ1) is 28.0. The lowest BCUT2D eigenvalue weighted by Crippen LogP contribution is -2.55. The number of hydrogen-bond acceptors (Lipinski definition) is 4. The van der Waals surface area contributed by atoms with Gasteiger partial charge in [-0.15, -0.1) is 24.0 Å². The second-order valence-electron chi connectivity index (χ2n) is 9.24. The zero-order chi connectivity index (χ0) is 22.1. The number of guanidine groups is 1. The Balaban J connectivity index is 0.00000480. The molecule has 1 heterocycles. The van der Waals surface area contributed by atoms with Crippen LogP contribution in [0.15, 0.2) is 29.3 Å². The Labute approximate surface area is 207 Å². The van der Waals surface area contributed by atoms with Crippen LogP contribution in [0.3, 0.4) is 0 Å². The molecule has 31 heavy (non-hydrogen) atoms. The Morgan fingerprint density at radius 2 is 1.65 bits per heavy atom. The van der Waals surface area contributed by atoms with Crippen LogP contribution in [0.1, 0.15) is 46.2 Å². The minimum Gasteiger partial charge on any atom is -0.493 e. The normalized spacial score (nSPS) is 17.9. The highest BCUT2D eigenvalue weighted by molar-refractivity contribution is 14.0. The Morgan fingerprint density at radius 3 is 2.16 bits per heavy atom. The molecule has 7 heteroatoms. The van der Waals surface area contributed by atoms with Crippen molar-refractivity contribution in [3.05, 3.63) is 29.8 Å². The molecular formula is C24H44IN5O. The molecule has 0 bridgehead atoms. The van der Waals surface area contributed by atoms with Gasteiger partial charge in [0, 0.05) is 45.8 Å². The fraction of sp³-hybridized carbons (Fsp3) is 0.708. The van der Waals surface area contributed by atoms with Gasteiger partial charge in [0.2, 0.25) is 0 Å². The molecule has 1 aromatic rings. The second-order valence-corrected chi connectivity index (χ2v) is 9.24. The number of nitrogens with zero attached hydrogens (tertiary/aromatic N) is 3. The molecule has 0 amide bonds. The van der Waals surface area contributed by atoms with Crippen molar-refractivity contribution in [1.82, 2.24) is 20.4 Å². The van der Waals surface area contributed by atoms with Gasteiger partial charge in [-0.25, -0.2) is 0 Å². The van der Waals surface area contributed by atoms with Crippen LogP contribution in [0.25, 0.3) is 0 Å². The molecule has 2 unspecified atom stereocenters. The van der Waals surface area contributed by atoms with E-state index >= 15 is 0 Å². The van der Waals surface area contributed by atoms with Crippen LogP contribution in [0.5, 0.6) is 5.75 Å². The molecule has 0 aromatic heterocycles. The first-order valence-electron chi connectivity index (χ1n) is 11.4. The lowest BCUT2D eigenvalue weighted by molar-refractivity contribution is 0.0900. The number of piperazine rings is 1. The van der Waals surface area contributed by atoms with Crippen LogP contribution in [0, 0.1) is 11.8 Å². The van der Waals surface area contributed by atoms with Gasteiger partial charge >= 0.3 is 0 Å². The summed E-state index contributed by atoms with van der Waals surface area (Å²) in [6, 6.07) is 9.02. The van der Waals surface area contributed by atoms with Gasteiger partial charge in [-0.1, -0.05) is 39.8 Å². The standard InChI is InChI=1S/C24H43N5O.HI/c1-18(2)17-30-22-10-8-21(9-11-22)20(5)27-24(25-6)26-16-23(19(3)4)29-14-12-28(7)13-15-29;/h8-11,18-20,23H,12-17H2,1-7H3,(H2,25,26,27);1H. The number of rotatable bonds is 9. The fourth-order valence-corrected chi connectivity index (χ4v) is 3.74. The predicted octanol–water partition coefficient (Wildman–Crippen LogP) is 3.84. The van der Waals surface area contributed by atoms with E-state index < -0.39 is 0 Å². The van der Waals surface area contributed by atoms with E-state index in [4.69, 9.17) is 4.74 Å². The summed E-state index contributed by atoms with van der Waals surface area (Å²) in [6.45, 7) is 17.3. The Hall–Kier alpha value is -1.06. The van der Waals surface area contributed by atoms with Crippen molar-refractivity contribution in [2.45, 2.75) is 46.7 Å². The number of halogens is 1. The van der Waals surface area contributed by atoms with Crippen LogP contribution in [0.2, 0.25) is 0 Å². The molecular weight excluding hydrogens is 501 g/mol. The number of benzene rings is 1. The van der Waals surface area contributed by atoms with Crippen LogP contribution in [0.4, 0.5) is 0 Å². The smallest absolute Gasteiger partial charge is 0.191 e. The molecule has 2 N–H and O–H groups in total. The van der Waals surface area contributed by atoms with Gasteiger partial charge in [-0.3, -0.25) is 9.89 Å². The van der Waals surface area contributed by atoms with Crippen molar-refractivity contribution in [2.75, 3.05) is 53.4 Å². The van der Waals surface area contributed by atoms with E-state index in [9.17, 15) is 0 Å². The number of aliphatic imine (C=N–C) groups is 1. The highest BCUT2D eigenvalue weighted by Gasteiger charge is 2.25. The summed E-state index contributed by atoms with van der Waals surface area (Å²) >= 11 is 0. The molecule has 178 valence electrons. The molecule has 0 radical (unpaired) electrons. The number of ether oxygens (including phenoxy) is 1. The van der Waals surface area contributed by atoms with E-state index in [1.165, 1.54) is 5.56 Å².